The predicted octanol–water partition coefficient (Wildman–Crippen LogP) is 5.15. The molecule has 2 aromatic carbocycles. The summed E-state index contributed by atoms with van der Waals surface area (Å²) in [4.78, 5) is 11.2. The Morgan fingerprint density at radius 2 is 1.67 bits per heavy atom. The van der Waals surface area contributed by atoms with Gasteiger partial charge >= 0.3 is 5.97 Å². The molecule has 21 heavy (non-hydrogen) atoms. The summed E-state index contributed by atoms with van der Waals surface area (Å²) in [5.41, 5.74) is 0.566. The molecule has 0 amide bonds. The van der Waals surface area contributed by atoms with Gasteiger partial charge in [-0.3, -0.25) is 0 Å². The molecule has 108 valence electrons. The summed E-state index contributed by atoms with van der Waals surface area (Å²) in [7, 11) is 0. The van der Waals surface area contributed by atoms with Crippen molar-refractivity contribution in [2.45, 2.75) is 0 Å². The van der Waals surface area contributed by atoms with Crippen molar-refractivity contribution in [2.24, 2.45) is 0 Å². The van der Waals surface area contributed by atoms with E-state index >= 15 is 0 Å². The number of hydrogen-bond donors (Lipinski definition) is 1. The van der Waals surface area contributed by atoms with Crippen LogP contribution in [0, 0.1) is 0 Å². The fourth-order valence-electron chi connectivity index (χ4n) is 1.52. The van der Waals surface area contributed by atoms with E-state index in [2.05, 4.69) is 0 Å². The number of ether oxygens (including phenoxy) is 1. The Labute approximate surface area is 136 Å². The molecule has 2 rings (SSSR count). The summed E-state index contributed by atoms with van der Waals surface area (Å²) in [5.74, 6) is -1.07. The van der Waals surface area contributed by atoms with Gasteiger partial charge in [0.1, 0.15) is 5.75 Å². The van der Waals surface area contributed by atoms with E-state index in [1.807, 2.05) is 0 Å². The molecule has 0 aromatic heterocycles. The van der Waals surface area contributed by atoms with E-state index in [9.17, 15) is 9.90 Å². The van der Waals surface area contributed by atoms with Gasteiger partial charge in [0.2, 0.25) is 5.76 Å². The SMILES string of the molecule is O=C(O)/C(=C\c1ccc(Cl)c(Cl)c1)Oc1ccc(Cl)cc1. The zero-order valence-electron chi connectivity index (χ0n) is 10.5. The van der Waals surface area contributed by atoms with Crippen molar-refractivity contribution < 1.29 is 14.6 Å². The van der Waals surface area contributed by atoms with Gasteiger partial charge in [-0.05, 0) is 48.0 Å². The van der Waals surface area contributed by atoms with Gasteiger partial charge in [0.15, 0.2) is 0 Å². The molecule has 6 heteroatoms. The number of rotatable bonds is 4. The van der Waals surface area contributed by atoms with Crippen molar-refractivity contribution in [3.05, 3.63) is 68.9 Å². The minimum absolute atomic E-state index is 0.240. The second kappa shape index (κ2) is 6.85. The first kappa shape index (κ1) is 15.7. The van der Waals surface area contributed by atoms with Crippen LogP contribution in [0.4, 0.5) is 0 Å². The van der Waals surface area contributed by atoms with Crippen molar-refractivity contribution in [3.63, 3.8) is 0 Å². The molecule has 0 spiro atoms. The standard InChI is InChI=1S/C15H9Cl3O3/c16-10-2-4-11(5-3-10)21-14(15(19)20)8-9-1-6-12(17)13(18)7-9/h1-8H,(H,19,20)/b14-8+. The molecule has 2 aromatic rings. The maximum atomic E-state index is 11.2. The third-order valence-electron chi connectivity index (χ3n) is 2.49. The number of aliphatic carboxylic acids is 1. The van der Waals surface area contributed by atoms with Crippen molar-refractivity contribution in [2.75, 3.05) is 0 Å². The minimum atomic E-state index is -1.20. The maximum absolute atomic E-state index is 11.2. The van der Waals surface area contributed by atoms with Crippen LogP contribution < -0.4 is 4.74 Å². The van der Waals surface area contributed by atoms with Crippen molar-refractivity contribution in [1.29, 1.82) is 0 Å². The molecule has 0 aliphatic carbocycles. The molecule has 0 saturated heterocycles. The summed E-state index contributed by atoms with van der Waals surface area (Å²) < 4.78 is 5.33. The second-order valence-electron chi connectivity index (χ2n) is 4.04. The molecular formula is C15H9Cl3O3. The van der Waals surface area contributed by atoms with Crippen LogP contribution >= 0.6 is 34.8 Å². The Kier molecular flexibility index (Phi) is 5.12. The normalized spacial score (nSPS) is 11.3. The molecule has 1 N–H and O–H groups in total. The van der Waals surface area contributed by atoms with Gasteiger partial charge in [0.25, 0.3) is 0 Å². The van der Waals surface area contributed by atoms with E-state index < -0.39 is 5.97 Å². The monoisotopic (exact) mass is 342 g/mol. The molecule has 0 unspecified atom stereocenters. The van der Waals surface area contributed by atoms with Gasteiger partial charge in [0, 0.05) is 5.02 Å². The van der Waals surface area contributed by atoms with E-state index in [-0.39, 0.29) is 5.76 Å². The molecule has 0 heterocycles. The molecule has 0 radical (unpaired) electrons. The van der Waals surface area contributed by atoms with Gasteiger partial charge in [0.05, 0.1) is 10.0 Å². The van der Waals surface area contributed by atoms with Gasteiger partial charge in [-0.25, -0.2) is 4.79 Å². The predicted molar refractivity (Wildman–Crippen MR) is 84.2 cm³/mol. The first-order valence-corrected chi connectivity index (χ1v) is 6.92. The van der Waals surface area contributed by atoms with Crippen LogP contribution in [0.5, 0.6) is 5.75 Å². The number of hydrogen-bond acceptors (Lipinski definition) is 2. The summed E-state index contributed by atoms with van der Waals surface area (Å²) >= 11 is 17.5. The van der Waals surface area contributed by atoms with Crippen LogP contribution in [0.3, 0.4) is 0 Å². The molecule has 0 atom stereocenters. The van der Waals surface area contributed by atoms with Crippen molar-refractivity contribution in [3.8, 4) is 5.75 Å². The Morgan fingerprint density at radius 3 is 2.24 bits per heavy atom. The summed E-state index contributed by atoms with van der Waals surface area (Å²) in [6.45, 7) is 0. The zero-order valence-corrected chi connectivity index (χ0v) is 12.8. The molecule has 0 aliphatic rings. The quantitative estimate of drug-likeness (QED) is 0.617. The van der Waals surface area contributed by atoms with Crippen LogP contribution in [0.15, 0.2) is 48.2 Å². The Morgan fingerprint density at radius 1 is 1.00 bits per heavy atom. The van der Waals surface area contributed by atoms with Gasteiger partial charge < -0.3 is 9.84 Å². The van der Waals surface area contributed by atoms with Crippen molar-refractivity contribution >= 4 is 46.8 Å². The number of carboxylic acid groups (broad SMARTS) is 1. The smallest absolute Gasteiger partial charge is 0.371 e. The lowest BCUT2D eigenvalue weighted by Gasteiger charge is -2.07. The van der Waals surface area contributed by atoms with Gasteiger partial charge in [-0.15, -0.1) is 0 Å². The average Bonchev–Trinajstić information content (AvgIpc) is 2.44. The number of carbonyl (C=O) groups is 1. The molecular weight excluding hydrogens is 335 g/mol. The first-order valence-electron chi connectivity index (χ1n) is 5.79. The second-order valence-corrected chi connectivity index (χ2v) is 5.29. The molecule has 0 fully saturated rings. The number of halogens is 3. The van der Waals surface area contributed by atoms with Crippen LogP contribution in [0.2, 0.25) is 15.1 Å². The third kappa shape index (κ3) is 4.39. The van der Waals surface area contributed by atoms with Crippen LogP contribution in [-0.4, -0.2) is 11.1 Å². The molecule has 0 bridgehead atoms. The lowest BCUT2D eigenvalue weighted by atomic mass is 10.2. The van der Waals surface area contributed by atoms with E-state index in [1.54, 1.807) is 42.5 Å². The Hall–Kier alpha value is -1.68. The fraction of sp³-hybridized carbons (Fsp3) is 0. The van der Waals surface area contributed by atoms with Crippen LogP contribution in [0.1, 0.15) is 5.56 Å². The number of benzene rings is 2. The highest BCUT2D eigenvalue weighted by molar-refractivity contribution is 6.42. The molecule has 3 nitrogen and oxygen atoms in total. The Balaban J connectivity index is 2.29. The molecule has 0 saturated carbocycles. The maximum Gasteiger partial charge on any atom is 0.371 e. The molecule has 0 aliphatic heterocycles. The highest BCUT2D eigenvalue weighted by Crippen LogP contribution is 2.24. The van der Waals surface area contributed by atoms with E-state index in [0.717, 1.165) is 0 Å². The largest absolute Gasteiger partial charge is 0.475 e. The highest BCUT2D eigenvalue weighted by Gasteiger charge is 2.11. The average molecular weight is 344 g/mol. The fourth-order valence-corrected chi connectivity index (χ4v) is 1.95. The minimum Gasteiger partial charge on any atom is -0.475 e. The number of carboxylic acids is 1. The van der Waals surface area contributed by atoms with Crippen LogP contribution in [-0.2, 0) is 4.79 Å². The van der Waals surface area contributed by atoms with Gasteiger partial charge in [-0.2, -0.15) is 0 Å². The van der Waals surface area contributed by atoms with E-state index in [0.29, 0.717) is 26.4 Å². The van der Waals surface area contributed by atoms with E-state index in [4.69, 9.17) is 39.5 Å². The topological polar surface area (TPSA) is 46.5 Å². The third-order valence-corrected chi connectivity index (χ3v) is 3.48. The van der Waals surface area contributed by atoms with Crippen molar-refractivity contribution in [1.82, 2.24) is 0 Å². The Bertz CT molecular complexity index is 694. The first-order chi connectivity index (χ1) is 9.95. The summed E-state index contributed by atoms with van der Waals surface area (Å²) in [5, 5.41) is 10.5. The van der Waals surface area contributed by atoms with Gasteiger partial charge in [-0.1, -0.05) is 40.9 Å². The highest BCUT2D eigenvalue weighted by atomic mass is 35.5. The zero-order chi connectivity index (χ0) is 15.4. The van der Waals surface area contributed by atoms with Crippen LogP contribution in [0.25, 0.3) is 6.08 Å². The summed E-state index contributed by atoms with van der Waals surface area (Å²) in [6, 6.07) is 11.1. The van der Waals surface area contributed by atoms with E-state index in [1.165, 1.54) is 6.08 Å². The summed E-state index contributed by atoms with van der Waals surface area (Å²) in [6.07, 6.45) is 1.36. The lowest BCUT2D eigenvalue weighted by Crippen LogP contribution is -2.07. The lowest BCUT2D eigenvalue weighted by molar-refractivity contribution is -0.134.